The number of H-pyrrole nitrogens is 1. The lowest BCUT2D eigenvalue weighted by atomic mass is 9.83. The molecule has 0 amide bonds. The van der Waals surface area contributed by atoms with E-state index in [1.165, 1.54) is 16.7 Å². The summed E-state index contributed by atoms with van der Waals surface area (Å²) in [5.74, 6) is 1.13. The summed E-state index contributed by atoms with van der Waals surface area (Å²) in [4.78, 5) is 11.2. The van der Waals surface area contributed by atoms with Crippen molar-refractivity contribution in [2.24, 2.45) is 0 Å². The molecule has 1 aliphatic rings. The summed E-state index contributed by atoms with van der Waals surface area (Å²) in [6, 6.07) is 15.1. The molecule has 1 atom stereocenters. The first-order chi connectivity index (χ1) is 12.8. The Kier molecular flexibility index (Phi) is 3.53. The molecule has 4 aromatic rings. The molecule has 26 heavy (non-hydrogen) atoms. The summed E-state index contributed by atoms with van der Waals surface area (Å²) in [6.07, 6.45) is 5.47. The zero-order valence-electron chi connectivity index (χ0n) is 14.6. The molecule has 0 aliphatic carbocycles. The summed E-state index contributed by atoms with van der Waals surface area (Å²) >= 11 is 0. The molecule has 2 aromatic heterocycles. The number of likely N-dealkylation sites (N-methyl/N-ethyl adjacent to an activating group) is 1. The van der Waals surface area contributed by atoms with Gasteiger partial charge in [0, 0.05) is 42.4 Å². The van der Waals surface area contributed by atoms with Crippen molar-refractivity contribution in [1.29, 1.82) is 0 Å². The lowest BCUT2D eigenvalue weighted by molar-refractivity contribution is 0.295. The van der Waals surface area contributed by atoms with Gasteiger partial charge in [0.2, 0.25) is 0 Å². The van der Waals surface area contributed by atoms with Crippen molar-refractivity contribution in [3.05, 3.63) is 77.7 Å². The first kappa shape index (κ1) is 15.2. The molecule has 2 aromatic carbocycles. The molecule has 5 rings (SSSR count). The summed E-state index contributed by atoms with van der Waals surface area (Å²) < 4.78 is 0. The third-order valence-corrected chi connectivity index (χ3v) is 5.14. The maximum atomic E-state index is 4.39. The van der Waals surface area contributed by atoms with Gasteiger partial charge in [-0.2, -0.15) is 5.10 Å². The molecule has 0 saturated carbocycles. The lowest BCUT2D eigenvalue weighted by Gasteiger charge is -2.33. The van der Waals surface area contributed by atoms with E-state index in [4.69, 9.17) is 0 Å². The van der Waals surface area contributed by atoms with Gasteiger partial charge < -0.3 is 4.90 Å². The molecule has 1 N–H and O–H groups in total. The van der Waals surface area contributed by atoms with Gasteiger partial charge in [-0.1, -0.05) is 18.2 Å². The number of aromatic nitrogens is 4. The molecule has 5 heteroatoms. The van der Waals surface area contributed by atoms with E-state index in [2.05, 4.69) is 68.5 Å². The predicted molar refractivity (Wildman–Crippen MR) is 102 cm³/mol. The first-order valence-corrected chi connectivity index (χ1v) is 8.80. The van der Waals surface area contributed by atoms with E-state index in [9.17, 15) is 0 Å². The lowest BCUT2D eigenvalue weighted by Crippen LogP contribution is -2.31. The Labute approximate surface area is 151 Å². The van der Waals surface area contributed by atoms with E-state index in [1.807, 2.05) is 12.3 Å². The van der Waals surface area contributed by atoms with Gasteiger partial charge in [-0.15, -0.1) is 0 Å². The Bertz CT molecular complexity index is 1070. The van der Waals surface area contributed by atoms with Gasteiger partial charge in [-0.05, 0) is 48.0 Å². The highest BCUT2D eigenvalue weighted by molar-refractivity contribution is 5.79. The monoisotopic (exact) mass is 341 g/mol. The van der Waals surface area contributed by atoms with Gasteiger partial charge in [0.1, 0.15) is 0 Å². The molecule has 5 nitrogen and oxygen atoms in total. The fourth-order valence-electron chi connectivity index (χ4n) is 3.90. The van der Waals surface area contributed by atoms with E-state index >= 15 is 0 Å². The first-order valence-electron chi connectivity index (χ1n) is 8.80. The Morgan fingerprint density at radius 1 is 1.08 bits per heavy atom. The zero-order chi connectivity index (χ0) is 17.5. The van der Waals surface area contributed by atoms with Gasteiger partial charge in [0.25, 0.3) is 0 Å². The van der Waals surface area contributed by atoms with Crippen LogP contribution >= 0.6 is 0 Å². The van der Waals surface area contributed by atoms with E-state index < -0.39 is 0 Å². The van der Waals surface area contributed by atoms with Crippen molar-refractivity contribution >= 4 is 10.9 Å². The Morgan fingerprint density at radius 3 is 2.85 bits per heavy atom. The fraction of sp³-hybridized carbons (Fsp3) is 0.190. The van der Waals surface area contributed by atoms with Crippen LogP contribution < -0.4 is 0 Å². The van der Waals surface area contributed by atoms with Crippen LogP contribution in [-0.4, -0.2) is 38.7 Å². The average Bonchev–Trinajstić information content (AvgIpc) is 3.15. The fourth-order valence-corrected chi connectivity index (χ4v) is 3.90. The maximum absolute atomic E-state index is 4.39. The Hall–Kier alpha value is -3.05. The van der Waals surface area contributed by atoms with Crippen LogP contribution in [0.2, 0.25) is 0 Å². The molecule has 0 saturated heterocycles. The molecule has 128 valence electrons. The van der Waals surface area contributed by atoms with Gasteiger partial charge in [0.15, 0.2) is 5.82 Å². The summed E-state index contributed by atoms with van der Waals surface area (Å²) in [5.41, 5.74) is 6.22. The number of hydrogen-bond acceptors (Lipinski definition) is 4. The zero-order valence-corrected chi connectivity index (χ0v) is 14.6. The normalized spacial score (nSPS) is 17.3. The van der Waals surface area contributed by atoms with Crippen molar-refractivity contribution in [3.63, 3.8) is 0 Å². The van der Waals surface area contributed by atoms with Crippen LogP contribution in [0.25, 0.3) is 22.3 Å². The largest absolute Gasteiger partial charge is 0.301 e. The van der Waals surface area contributed by atoms with E-state index in [0.717, 1.165) is 35.4 Å². The van der Waals surface area contributed by atoms with E-state index in [0.29, 0.717) is 5.92 Å². The van der Waals surface area contributed by atoms with Crippen LogP contribution in [0.5, 0.6) is 0 Å². The highest BCUT2D eigenvalue weighted by Crippen LogP contribution is 2.35. The second kappa shape index (κ2) is 6.04. The van der Waals surface area contributed by atoms with Crippen molar-refractivity contribution in [2.45, 2.75) is 12.5 Å². The maximum Gasteiger partial charge on any atom is 0.159 e. The molecule has 0 spiro atoms. The molecular formula is C21H19N5. The Balaban J connectivity index is 1.59. The predicted octanol–water partition coefficient (Wildman–Crippen LogP) is 3.60. The number of hydrogen-bond donors (Lipinski definition) is 1. The summed E-state index contributed by atoms with van der Waals surface area (Å²) in [7, 11) is 2.18. The van der Waals surface area contributed by atoms with Gasteiger partial charge in [-0.3, -0.25) is 5.10 Å². The second-order valence-corrected chi connectivity index (χ2v) is 6.95. The molecular weight excluding hydrogens is 322 g/mol. The number of benzene rings is 2. The van der Waals surface area contributed by atoms with Crippen molar-refractivity contribution in [3.8, 4) is 11.4 Å². The average molecular weight is 341 g/mol. The van der Waals surface area contributed by atoms with Crippen LogP contribution in [-0.2, 0) is 6.54 Å². The van der Waals surface area contributed by atoms with Crippen molar-refractivity contribution < 1.29 is 0 Å². The molecule has 3 heterocycles. The minimum atomic E-state index is 0.355. The smallest absolute Gasteiger partial charge is 0.159 e. The SMILES string of the molecule is CN1Cc2cc(-c3ncccn3)ccc2C(c2ccc3[nH]ncc3c2)C1. The minimum absolute atomic E-state index is 0.355. The molecule has 1 unspecified atom stereocenters. The highest BCUT2D eigenvalue weighted by atomic mass is 15.1. The number of nitrogens with one attached hydrogen (secondary N) is 1. The van der Waals surface area contributed by atoms with Gasteiger partial charge >= 0.3 is 0 Å². The van der Waals surface area contributed by atoms with Crippen LogP contribution in [0.15, 0.2) is 61.1 Å². The molecule has 0 bridgehead atoms. The van der Waals surface area contributed by atoms with Crippen LogP contribution in [0, 0.1) is 0 Å². The number of fused-ring (bicyclic) bond motifs is 2. The van der Waals surface area contributed by atoms with Gasteiger partial charge in [-0.25, -0.2) is 9.97 Å². The van der Waals surface area contributed by atoms with E-state index in [-0.39, 0.29) is 0 Å². The van der Waals surface area contributed by atoms with E-state index in [1.54, 1.807) is 12.4 Å². The number of nitrogens with zero attached hydrogens (tertiary/aromatic N) is 4. The number of aromatic amines is 1. The van der Waals surface area contributed by atoms with Crippen LogP contribution in [0.3, 0.4) is 0 Å². The number of rotatable bonds is 2. The Morgan fingerprint density at radius 2 is 1.96 bits per heavy atom. The summed E-state index contributed by atoms with van der Waals surface area (Å²) in [6.45, 7) is 1.96. The van der Waals surface area contributed by atoms with Gasteiger partial charge in [0.05, 0.1) is 11.7 Å². The molecule has 1 aliphatic heterocycles. The molecule has 0 fully saturated rings. The topological polar surface area (TPSA) is 57.7 Å². The van der Waals surface area contributed by atoms with Crippen molar-refractivity contribution in [2.75, 3.05) is 13.6 Å². The van der Waals surface area contributed by atoms with Crippen LogP contribution in [0.1, 0.15) is 22.6 Å². The third-order valence-electron chi connectivity index (χ3n) is 5.14. The minimum Gasteiger partial charge on any atom is -0.301 e. The highest BCUT2D eigenvalue weighted by Gasteiger charge is 2.25. The van der Waals surface area contributed by atoms with Crippen LogP contribution in [0.4, 0.5) is 0 Å². The second-order valence-electron chi connectivity index (χ2n) is 6.95. The quantitative estimate of drug-likeness (QED) is 0.605. The standard InChI is InChI=1S/C21H19N5/c1-26-12-17-10-15(21-22-7-2-8-23-21)3-5-18(17)19(13-26)14-4-6-20-16(9-14)11-24-25-20/h2-11,19H,12-13H2,1H3,(H,24,25). The summed E-state index contributed by atoms with van der Waals surface area (Å²) in [5, 5.41) is 8.33. The van der Waals surface area contributed by atoms with Crippen molar-refractivity contribution in [1.82, 2.24) is 25.1 Å². The third kappa shape index (κ3) is 2.57. The molecule has 0 radical (unpaired) electrons.